The van der Waals surface area contributed by atoms with E-state index in [4.69, 9.17) is 14.6 Å². The summed E-state index contributed by atoms with van der Waals surface area (Å²) >= 11 is 0. The van der Waals surface area contributed by atoms with Crippen molar-refractivity contribution in [3.63, 3.8) is 0 Å². The average Bonchev–Trinajstić information content (AvgIpc) is 2.15. The number of aliphatic carboxylic acids is 1. The van der Waals surface area contributed by atoms with Gasteiger partial charge in [0, 0.05) is 6.54 Å². The van der Waals surface area contributed by atoms with E-state index in [1.54, 1.807) is 20.8 Å². The van der Waals surface area contributed by atoms with Gasteiger partial charge in [0.15, 0.2) is 6.04 Å². The van der Waals surface area contributed by atoms with E-state index >= 15 is 0 Å². The fraction of sp³-hybridized carbons (Fsp3) is 0.800. The maximum atomic E-state index is 11.7. The van der Waals surface area contributed by atoms with Gasteiger partial charge in [-0.25, -0.2) is 9.59 Å². The van der Waals surface area contributed by atoms with Gasteiger partial charge in [-0.3, -0.25) is 4.90 Å². The lowest BCUT2D eigenvalue weighted by Crippen LogP contribution is -2.53. The fourth-order valence-corrected chi connectivity index (χ4v) is 1.35. The van der Waals surface area contributed by atoms with Crippen molar-refractivity contribution in [3.05, 3.63) is 0 Å². The molecule has 92 valence electrons. The Morgan fingerprint density at radius 2 is 2.06 bits per heavy atom. The Morgan fingerprint density at radius 1 is 1.44 bits per heavy atom. The number of morpholine rings is 1. The molecule has 0 aromatic rings. The van der Waals surface area contributed by atoms with Crippen LogP contribution >= 0.6 is 0 Å². The van der Waals surface area contributed by atoms with Crippen LogP contribution in [0.5, 0.6) is 0 Å². The molecule has 1 N–H and O–H groups in total. The number of amides is 1. The van der Waals surface area contributed by atoms with Gasteiger partial charge in [-0.2, -0.15) is 0 Å². The van der Waals surface area contributed by atoms with E-state index in [1.165, 1.54) is 4.90 Å². The third kappa shape index (κ3) is 3.37. The Balaban J connectivity index is 2.68. The highest BCUT2D eigenvalue weighted by atomic mass is 16.6. The largest absolute Gasteiger partial charge is 0.480 e. The molecule has 0 bridgehead atoms. The molecule has 1 saturated heterocycles. The zero-order valence-corrected chi connectivity index (χ0v) is 9.73. The summed E-state index contributed by atoms with van der Waals surface area (Å²) in [4.78, 5) is 23.8. The SMILES string of the molecule is CC(C)(C)OC(=O)N1CCOCC1C(=O)O. The minimum absolute atomic E-state index is 0.00851. The summed E-state index contributed by atoms with van der Waals surface area (Å²) in [5.41, 5.74) is -0.627. The molecule has 6 heteroatoms. The van der Waals surface area contributed by atoms with Gasteiger partial charge in [0.05, 0.1) is 13.2 Å². The van der Waals surface area contributed by atoms with Crippen LogP contribution in [-0.2, 0) is 14.3 Å². The summed E-state index contributed by atoms with van der Waals surface area (Å²) in [5.74, 6) is -1.08. The van der Waals surface area contributed by atoms with Gasteiger partial charge in [0.25, 0.3) is 0 Å². The van der Waals surface area contributed by atoms with Gasteiger partial charge in [-0.15, -0.1) is 0 Å². The van der Waals surface area contributed by atoms with Gasteiger partial charge in [0.2, 0.25) is 0 Å². The van der Waals surface area contributed by atoms with Crippen LogP contribution in [-0.4, -0.2) is 53.5 Å². The number of rotatable bonds is 1. The second-order valence-electron chi connectivity index (χ2n) is 4.60. The average molecular weight is 231 g/mol. The van der Waals surface area contributed by atoms with E-state index in [-0.39, 0.29) is 13.2 Å². The van der Waals surface area contributed by atoms with Crippen molar-refractivity contribution in [3.8, 4) is 0 Å². The molecule has 1 rings (SSSR count). The van der Waals surface area contributed by atoms with Gasteiger partial charge >= 0.3 is 12.1 Å². The molecule has 0 radical (unpaired) electrons. The van der Waals surface area contributed by atoms with Gasteiger partial charge in [-0.1, -0.05) is 0 Å². The standard InChI is InChI=1S/C10H17NO5/c1-10(2,3)16-9(14)11-4-5-15-6-7(11)8(12)13/h7H,4-6H2,1-3H3,(H,12,13). The predicted molar refractivity (Wildman–Crippen MR) is 55.2 cm³/mol. The number of carboxylic acids is 1. The predicted octanol–water partition coefficient (Wildman–Crippen LogP) is 0.707. The summed E-state index contributed by atoms with van der Waals surface area (Å²) in [6, 6.07) is -0.955. The third-order valence-corrected chi connectivity index (χ3v) is 2.04. The molecule has 0 aromatic heterocycles. The number of nitrogens with zero attached hydrogens (tertiary/aromatic N) is 1. The van der Waals surface area contributed by atoms with Crippen molar-refractivity contribution in [2.45, 2.75) is 32.4 Å². The molecule has 1 unspecified atom stereocenters. The van der Waals surface area contributed by atoms with Crippen molar-refractivity contribution < 1.29 is 24.2 Å². The number of carbonyl (C=O) groups excluding carboxylic acids is 1. The maximum Gasteiger partial charge on any atom is 0.411 e. The second kappa shape index (κ2) is 4.69. The first-order valence-electron chi connectivity index (χ1n) is 5.11. The number of ether oxygens (including phenoxy) is 2. The van der Waals surface area contributed by atoms with E-state index in [0.29, 0.717) is 6.61 Å². The van der Waals surface area contributed by atoms with Crippen LogP contribution in [0.2, 0.25) is 0 Å². The van der Waals surface area contributed by atoms with Crippen molar-refractivity contribution in [1.29, 1.82) is 0 Å². The molecule has 16 heavy (non-hydrogen) atoms. The summed E-state index contributed by atoms with van der Waals surface area (Å²) in [5, 5.41) is 8.93. The van der Waals surface area contributed by atoms with Crippen LogP contribution in [0.1, 0.15) is 20.8 Å². The zero-order chi connectivity index (χ0) is 12.3. The van der Waals surface area contributed by atoms with E-state index < -0.39 is 23.7 Å². The van der Waals surface area contributed by atoms with Gasteiger partial charge < -0.3 is 14.6 Å². The van der Waals surface area contributed by atoms with E-state index in [9.17, 15) is 9.59 Å². The fourth-order valence-electron chi connectivity index (χ4n) is 1.35. The van der Waals surface area contributed by atoms with E-state index in [1.807, 2.05) is 0 Å². The summed E-state index contributed by atoms with van der Waals surface area (Å²) in [7, 11) is 0. The first-order valence-corrected chi connectivity index (χ1v) is 5.11. The highest BCUT2D eigenvalue weighted by molar-refractivity contribution is 5.80. The molecule has 1 atom stereocenters. The number of carbonyl (C=O) groups is 2. The Morgan fingerprint density at radius 3 is 2.56 bits per heavy atom. The topological polar surface area (TPSA) is 76.1 Å². The molecule has 0 saturated carbocycles. The molecular weight excluding hydrogens is 214 g/mol. The van der Waals surface area contributed by atoms with Crippen molar-refractivity contribution >= 4 is 12.1 Å². The molecule has 1 aliphatic rings. The molecule has 1 aliphatic heterocycles. The molecule has 1 heterocycles. The zero-order valence-electron chi connectivity index (χ0n) is 9.73. The van der Waals surface area contributed by atoms with Crippen LogP contribution in [0.25, 0.3) is 0 Å². The lowest BCUT2D eigenvalue weighted by atomic mass is 10.2. The molecule has 6 nitrogen and oxygen atoms in total. The van der Waals surface area contributed by atoms with Crippen molar-refractivity contribution in [2.24, 2.45) is 0 Å². The third-order valence-electron chi connectivity index (χ3n) is 2.04. The van der Waals surface area contributed by atoms with Gasteiger partial charge in [0.1, 0.15) is 5.60 Å². The summed E-state index contributed by atoms with van der Waals surface area (Å²) in [6.45, 7) is 5.80. The lowest BCUT2D eigenvalue weighted by molar-refractivity contribution is -0.149. The Bertz CT molecular complexity index is 283. The normalized spacial score (nSPS) is 21.7. The molecule has 1 fully saturated rings. The smallest absolute Gasteiger partial charge is 0.411 e. The molecule has 1 amide bonds. The number of hydrogen-bond acceptors (Lipinski definition) is 4. The monoisotopic (exact) mass is 231 g/mol. The molecule has 0 spiro atoms. The van der Waals surface area contributed by atoms with Crippen molar-refractivity contribution in [2.75, 3.05) is 19.8 Å². The second-order valence-corrected chi connectivity index (χ2v) is 4.60. The molecule has 0 aromatic carbocycles. The summed E-state index contributed by atoms with van der Waals surface area (Å²) in [6.07, 6.45) is -0.608. The van der Waals surface area contributed by atoms with Crippen LogP contribution in [0, 0.1) is 0 Å². The van der Waals surface area contributed by atoms with E-state index in [2.05, 4.69) is 0 Å². The Hall–Kier alpha value is -1.30. The van der Waals surface area contributed by atoms with E-state index in [0.717, 1.165) is 0 Å². The summed E-state index contributed by atoms with van der Waals surface area (Å²) < 4.78 is 10.1. The highest BCUT2D eigenvalue weighted by Crippen LogP contribution is 2.14. The quantitative estimate of drug-likeness (QED) is 0.719. The number of hydrogen-bond donors (Lipinski definition) is 1. The molecule has 0 aliphatic carbocycles. The lowest BCUT2D eigenvalue weighted by Gasteiger charge is -2.34. The van der Waals surface area contributed by atoms with Crippen LogP contribution < -0.4 is 0 Å². The minimum atomic E-state index is -1.08. The Kier molecular flexibility index (Phi) is 3.74. The maximum absolute atomic E-state index is 11.7. The first-order chi connectivity index (χ1) is 7.31. The number of carboxylic acid groups (broad SMARTS) is 1. The first kappa shape index (κ1) is 12.8. The van der Waals surface area contributed by atoms with Crippen LogP contribution in [0.3, 0.4) is 0 Å². The van der Waals surface area contributed by atoms with Crippen LogP contribution in [0.4, 0.5) is 4.79 Å². The van der Waals surface area contributed by atoms with Gasteiger partial charge in [-0.05, 0) is 20.8 Å². The van der Waals surface area contributed by atoms with Crippen molar-refractivity contribution in [1.82, 2.24) is 4.90 Å². The Labute approximate surface area is 94.1 Å². The van der Waals surface area contributed by atoms with Crippen LogP contribution in [0.15, 0.2) is 0 Å². The highest BCUT2D eigenvalue weighted by Gasteiger charge is 2.35. The molecular formula is C10H17NO5. The minimum Gasteiger partial charge on any atom is -0.480 e.